The van der Waals surface area contributed by atoms with E-state index in [1.807, 2.05) is 32.9 Å². The third-order valence-corrected chi connectivity index (χ3v) is 8.08. The van der Waals surface area contributed by atoms with Crippen LogP contribution in [0.2, 0.25) is 0 Å². The Morgan fingerprint density at radius 1 is 1.15 bits per heavy atom. The molecule has 0 spiro atoms. The SMILES string of the molecule is C[C@@H]1CN(C(=O)OC(C)(C)C)CCN1c1cccc(C(=O)NC2C3CC4CC2CC(O)(C4)C3)n1. The number of aromatic nitrogens is 1. The molecule has 1 saturated heterocycles. The maximum Gasteiger partial charge on any atom is 0.410 e. The molecule has 5 fully saturated rings. The summed E-state index contributed by atoms with van der Waals surface area (Å²) in [6.07, 6.45) is 4.47. The van der Waals surface area contributed by atoms with Crippen molar-refractivity contribution in [3.8, 4) is 0 Å². The van der Waals surface area contributed by atoms with E-state index in [4.69, 9.17) is 9.72 Å². The van der Waals surface area contributed by atoms with Crippen LogP contribution in [0.3, 0.4) is 0 Å². The average molecular weight is 471 g/mol. The number of amides is 2. The quantitative estimate of drug-likeness (QED) is 0.705. The molecule has 34 heavy (non-hydrogen) atoms. The maximum absolute atomic E-state index is 13.2. The Hall–Kier alpha value is -2.35. The van der Waals surface area contributed by atoms with Gasteiger partial charge in [0.25, 0.3) is 5.91 Å². The highest BCUT2D eigenvalue weighted by molar-refractivity contribution is 5.93. The minimum Gasteiger partial charge on any atom is -0.444 e. The van der Waals surface area contributed by atoms with E-state index < -0.39 is 11.2 Å². The molecule has 2 amide bonds. The smallest absolute Gasteiger partial charge is 0.410 e. The van der Waals surface area contributed by atoms with E-state index in [0.717, 1.165) is 37.9 Å². The number of hydrogen-bond acceptors (Lipinski definition) is 6. The standard InChI is InChI=1S/C26H38N4O4/c1-16-15-29(24(32)34-25(2,3)4)8-9-30(16)21-7-5-6-20(27-21)23(31)28-22-18-10-17-11-19(22)14-26(33,12-17)13-18/h5-7,16-19,22,33H,8-15H2,1-4H3,(H,28,31)/t16-,17?,18?,19?,22?,26?/m1/s1. The van der Waals surface area contributed by atoms with Gasteiger partial charge in [-0.1, -0.05) is 6.07 Å². The van der Waals surface area contributed by atoms with Gasteiger partial charge in [-0.2, -0.15) is 0 Å². The molecule has 6 rings (SSSR count). The van der Waals surface area contributed by atoms with Gasteiger partial charge in [-0.25, -0.2) is 9.78 Å². The van der Waals surface area contributed by atoms with Crippen molar-refractivity contribution in [3.05, 3.63) is 23.9 Å². The molecular formula is C26H38N4O4. The predicted octanol–water partition coefficient (Wildman–Crippen LogP) is 3.20. The van der Waals surface area contributed by atoms with Crippen LogP contribution < -0.4 is 10.2 Å². The lowest BCUT2D eigenvalue weighted by Crippen LogP contribution is -2.61. The lowest BCUT2D eigenvalue weighted by atomic mass is 9.52. The second-order valence-corrected chi connectivity index (χ2v) is 12.0. The van der Waals surface area contributed by atoms with Crippen LogP contribution in [0.4, 0.5) is 10.6 Å². The Morgan fingerprint density at radius 3 is 2.47 bits per heavy atom. The lowest BCUT2D eigenvalue weighted by Gasteiger charge is -2.58. The number of pyridine rings is 1. The fourth-order valence-corrected chi connectivity index (χ4v) is 6.94. The van der Waals surface area contributed by atoms with Crippen molar-refractivity contribution >= 4 is 17.8 Å². The number of carbonyl (C=O) groups excluding carboxylic acids is 2. The number of rotatable bonds is 3. The summed E-state index contributed by atoms with van der Waals surface area (Å²) in [5.74, 6) is 1.96. The fourth-order valence-electron chi connectivity index (χ4n) is 6.94. The van der Waals surface area contributed by atoms with Crippen LogP contribution in [0, 0.1) is 17.8 Å². The minimum atomic E-state index is -0.518. The summed E-state index contributed by atoms with van der Waals surface area (Å²) in [5, 5.41) is 14.1. The van der Waals surface area contributed by atoms with Crippen molar-refractivity contribution in [1.29, 1.82) is 0 Å². The third-order valence-electron chi connectivity index (χ3n) is 8.08. The molecule has 2 unspecified atom stereocenters. The Bertz CT molecular complexity index is 944. The molecule has 4 bridgehead atoms. The van der Waals surface area contributed by atoms with E-state index in [1.54, 1.807) is 11.0 Å². The number of carbonyl (C=O) groups is 2. The molecule has 8 nitrogen and oxygen atoms in total. The number of hydrogen-bond donors (Lipinski definition) is 2. The highest BCUT2D eigenvalue weighted by atomic mass is 16.6. The maximum atomic E-state index is 13.2. The molecule has 0 aromatic carbocycles. The van der Waals surface area contributed by atoms with Gasteiger partial charge in [-0.05, 0) is 89.7 Å². The van der Waals surface area contributed by atoms with Crippen LogP contribution in [0.1, 0.15) is 70.3 Å². The number of nitrogens with zero attached hydrogens (tertiary/aromatic N) is 3. The number of aliphatic hydroxyl groups is 1. The molecule has 2 heterocycles. The molecule has 4 aliphatic carbocycles. The van der Waals surface area contributed by atoms with Gasteiger partial charge in [-0.15, -0.1) is 0 Å². The highest BCUT2D eigenvalue weighted by Gasteiger charge is 2.55. The van der Waals surface area contributed by atoms with Crippen molar-refractivity contribution in [3.63, 3.8) is 0 Å². The normalized spacial score (nSPS) is 34.8. The van der Waals surface area contributed by atoms with Crippen LogP contribution in [0.25, 0.3) is 0 Å². The molecule has 5 aliphatic rings. The van der Waals surface area contributed by atoms with E-state index in [9.17, 15) is 14.7 Å². The third kappa shape index (κ3) is 4.61. The molecule has 2 N–H and O–H groups in total. The van der Waals surface area contributed by atoms with Crippen molar-refractivity contribution < 1.29 is 19.4 Å². The van der Waals surface area contributed by atoms with Gasteiger partial charge < -0.3 is 25.0 Å². The monoisotopic (exact) mass is 470 g/mol. The van der Waals surface area contributed by atoms with Gasteiger partial charge in [0, 0.05) is 31.7 Å². The molecule has 8 heteroatoms. The van der Waals surface area contributed by atoms with Crippen LogP contribution >= 0.6 is 0 Å². The van der Waals surface area contributed by atoms with Crippen LogP contribution in [0.15, 0.2) is 18.2 Å². The Kier molecular flexibility index (Phi) is 5.78. The highest BCUT2D eigenvalue weighted by Crippen LogP contribution is 2.55. The predicted molar refractivity (Wildman–Crippen MR) is 129 cm³/mol. The average Bonchev–Trinajstić information content (AvgIpc) is 2.74. The van der Waals surface area contributed by atoms with Crippen molar-refractivity contribution in [1.82, 2.24) is 15.2 Å². The fraction of sp³-hybridized carbons (Fsp3) is 0.731. The van der Waals surface area contributed by atoms with E-state index in [2.05, 4.69) is 17.1 Å². The summed E-state index contributed by atoms with van der Waals surface area (Å²) < 4.78 is 5.52. The number of anilines is 1. The Balaban J connectivity index is 1.23. The van der Waals surface area contributed by atoms with Crippen molar-refractivity contribution in [2.45, 2.75) is 83.1 Å². The van der Waals surface area contributed by atoms with Gasteiger partial charge in [0.05, 0.1) is 5.60 Å². The zero-order valence-electron chi connectivity index (χ0n) is 20.8. The molecule has 3 atom stereocenters. The lowest BCUT2D eigenvalue weighted by molar-refractivity contribution is -0.136. The summed E-state index contributed by atoms with van der Waals surface area (Å²) in [6.45, 7) is 9.40. The zero-order valence-corrected chi connectivity index (χ0v) is 20.8. The first-order valence-corrected chi connectivity index (χ1v) is 12.7. The number of piperazine rings is 1. The molecule has 4 saturated carbocycles. The van der Waals surface area contributed by atoms with Crippen molar-refractivity contribution in [2.75, 3.05) is 24.5 Å². The summed E-state index contributed by atoms with van der Waals surface area (Å²) in [5.41, 5.74) is -0.602. The van der Waals surface area contributed by atoms with Gasteiger partial charge in [0.15, 0.2) is 0 Å². The van der Waals surface area contributed by atoms with E-state index in [-0.39, 0.29) is 24.1 Å². The second kappa shape index (κ2) is 8.40. The van der Waals surface area contributed by atoms with E-state index in [0.29, 0.717) is 43.1 Å². The molecule has 1 aromatic rings. The topological polar surface area (TPSA) is 95.0 Å². The van der Waals surface area contributed by atoms with Gasteiger partial charge in [0.1, 0.15) is 17.1 Å². The molecule has 186 valence electrons. The summed E-state index contributed by atoms with van der Waals surface area (Å²) in [7, 11) is 0. The van der Waals surface area contributed by atoms with Crippen LogP contribution in [0.5, 0.6) is 0 Å². The summed E-state index contributed by atoms with van der Waals surface area (Å²) in [4.78, 5) is 34.2. The van der Waals surface area contributed by atoms with Gasteiger partial charge >= 0.3 is 6.09 Å². The first-order valence-electron chi connectivity index (χ1n) is 12.7. The molecular weight excluding hydrogens is 432 g/mol. The largest absolute Gasteiger partial charge is 0.444 e. The first-order chi connectivity index (χ1) is 16.0. The van der Waals surface area contributed by atoms with Crippen molar-refractivity contribution in [2.24, 2.45) is 17.8 Å². The minimum absolute atomic E-state index is 0.0530. The number of nitrogens with one attached hydrogen (secondary N) is 1. The van der Waals surface area contributed by atoms with E-state index >= 15 is 0 Å². The van der Waals surface area contributed by atoms with Gasteiger partial charge in [-0.3, -0.25) is 4.79 Å². The van der Waals surface area contributed by atoms with Gasteiger partial charge in [0.2, 0.25) is 0 Å². The molecule has 0 radical (unpaired) electrons. The Morgan fingerprint density at radius 2 is 1.85 bits per heavy atom. The van der Waals surface area contributed by atoms with E-state index in [1.165, 1.54) is 0 Å². The summed E-state index contributed by atoms with van der Waals surface area (Å²) >= 11 is 0. The van der Waals surface area contributed by atoms with Crippen LogP contribution in [-0.2, 0) is 4.74 Å². The second-order valence-electron chi connectivity index (χ2n) is 12.0. The molecule has 1 aromatic heterocycles. The first kappa shape index (κ1) is 23.4. The summed E-state index contributed by atoms with van der Waals surface area (Å²) in [6, 6.07) is 5.76. The van der Waals surface area contributed by atoms with Crippen LogP contribution in [-0.4, -0.2) is 69.9 Å². The number of ether oxygens (including phenoxy) is 1. The zero-order chi connectivity index (χ0) is 24.3. The molecule has 1 aliphatic heterocycles. The Labute approximate surface area is 202 Å².